The van der Waals surface area contributed by atoms with Gasteiger partial charge in [-0.15, -0.1) is 0 Å². The van der Waals surface area contributed by atoms with Crippen molar-refractivity contribution in [3.8, 4) is 0 Å². The van der Waals surface area contributed by atoms with E-state index in [4.69, 9.17) is 4.18 Å². The summed E-state index contributed by atoms with van der Waals surface area (Å²) in [4.78, 5) is 0.225. The molecule has 0 radical (unpaired) electrons. The van der Waals surface area contributed by atoms with Crippen LogP contribution in [0.15, 0.2) is 29.2 Å². The summed E-state index contributed by atoms with van der Waals surface area (Å²) in [5, 5.41) is 10.4. The molecule has 2 aliphatic carbocycles. The second kappa shape index (κ2) is 8.22. The van der Waals surface area contributed by atoms with Crippen molar-refractivity contribution in [2.24, 2.45) is 23.2 Å². The predicted octanol–water partition coefficient (Wildman–Crippen LogP) is 4.69. The lowest BCUT2D eigenvalue weighted by Crippen LogP contribution is -2.41. The molecule has 2 saturated carbocycles. The van der Waals surface area contributed by atoms with Crippen molar-refractivity contribution in [3.05, 3.63) is 29.8 Å². The Morgan fingerprint density at radius 3 is 2.63 bits per heavy atom. The van der Waals surface area contributed by atoms with Crippen LogP contribution in [0.25, 0.3) is 0 Å². The van der Waals surface area contributed by atoms with Gasteiger partial charge < -0.3 is 5.11 Å². The van der Waals surface area contributed by atoms with Crippen LogP contribution < -0.4 is 0 Å². The van der Waals surface area contributed by atoms with Crippen molar-refractivity contribution in [1.29, 1.82) is 0 Å². The summed E-state index contributed by atoms with van der Waals surface area (Å²) >= 11 is 0. The first-order valence-corrected chi connectivity index (χ1v) is 11.8. The van der Waals surface area contributed by atoms with Gasteiger partial charge in [-0.2, -0.15) is 8.42 Å². The zero-order valence-electron chi connectivity index (χ0n) is 16.9. The number of hydrogen-bond acceptors (Lipinski definition) is 4. The Kier molecular flexibility index (Phi) is 6.34. The Bertz CT molecular complexity index is 727. The van der Waals surface area contributed by atoms with E-state index in [0.29, 0.717) is 17.8 Å². The molecular formula is C22H34O4S. The highest BCUT2D eigenvalue weighted by molar-refractivity contribution is 7.86. The van der Waals surface area contributed by atoms with Crippen LogP contribution in [-0.2, 0) is 14.3 Å². The van der Waals surface area contributed by atoms with Gasteiger partial charge in [-0.05, 0) is 80.8 Å². The van der Waals surface area contributed by atoms with Crippen molar-refractivity contribution < 1.29 is 17.7 Å². The molecule has 2 aliphatic rings. The quantitative estimate of drug-likeness (QED) is 0.538. The number of benzene rings is 1. The molecule has 4 nitrogen and oxygen atoms in total. The van der Waals surface area contributed by atoms with Crippen molar-refractivity contribution in [3.63, 3.8) is 0 Å². The van der Waals surface area contributed by atoms with E-state index in [2.05, 4.69) is 13.8 Å². The molecule has 0 amide bonds. The van der Waals surface area contributed by atoms with Crippen LogP contribution in [0, 0.1) is 30.1 Å². The molecule has 0 spiro atoms. The number of aliphatic hydroxyl groups is 1. The van der Waals surface area contributed by atoms with Gasteiger partial charge in [0, 0.05) is 0 Å². The van der Waals surface area contributed by atoms with Gasteiger partial charge in [0.25, 0.3) is 10.1 Å². The maximum atomic E-state index is 12.3. The lowest BCUT2D eigenvalue weighted by Gasteiger charge is -2.45. The zero-order valence-corrected chi connectivity index (χ0v) is 17.7. The predicted molar refractivity (Wildman–Crippen MR) is 107 cm³/mol. The summed E-state index contributed by atoms with van der Waals surface area (Å²) in [7, 11) is -3.67. The maximum absolute atomic E-state index is 12.3. The zero-order chi connectivity index (χ0) is 19.7. The first-order chi connectivity index (χ1) is 12.7. The van der Waals surface area contributed by atoms with Gasteiger partial charge in [-0.3, -0.25) is 4.18 Å². The molecule has 0 aliphatic heterocycles. The third kappa shape index (κ3) is 4.41. The Hall–Kier alpha value is -0.910. The van der Waals surface area contributed by atoms with Crippen LogP contribution in [0.2, 0.25) is 0 Å². The molecule has 2 fully saturated rings. The Morgan fingerprint density at radius 2 is 1.93 bits per heavy atom. The number of hydrogen-bond donors (Lipinski definition) is 1. The van der Waals surface area contributed by atoms with E-state index >= 15 is 0 Å². The largest absolute Gasteiger partial charge is 0.393 e. The van der Waals surface area contributed by atoms with Crippen molar-refractivity contribution in [1.82, 2.24) is 0 Å². The fourth-order valence-corrected chi connectivity index (χ4v) is 6.61. The number of aliphatic hydroxyl groups excluding tert-OH is 1. The van der Waals surface area contributed by atoms with Gasteiger partial charge in [0.05, 0.1) is 17.6 Å². The van der Waals surface area contributed by atoms with Gasteiger partial charge in [0.2, 0.25) is 0 Å². The topological polar surface area (TPSA) is 63.6 Å². The third-order valence-electron chi connectivity index (χ3n) is 7.20. The van der Waals surface area contributed by atoms with Gasteiger partial charge in [0.15, 0.2) is 0 Å². The standard InChI is InChI=1S/C22H34O4S/c1-16-8-10-18(11-9-16)27(24,25)26-15-5-6-17(2)19-12-13-20-21(23)7-4-14-22(19,20)3/h8-11,17,19-21,23H,4-7,12-15H2,1-3H3/t17-,19-,20?,21+,22-/m1/s1. The average molecular weight is 395 g/mol. The molecule has 5 heteroatoms. The maximum Gasteiger partial charge on any atom is 0.296 e. The second-order valence-corrected chi connectivity index (χ2v) is 10.6. The van der Waals surface area contributed by atoms with E-state index in [-0.39, 0.29) is 23.0 Å². The highest BCUT2D eigenvalue weighted by Gasteiger charge is 2.51. The van der Waals surface area contributed by atoms with E-state index in [1.165, 1.54) is 12.8 Å². The number of fused-ring (bicyclic) bond motifs is 1. The lowest BCUT2D eigenvalue weighted by atomic mass is 9.61. The number of rotatable bonds is 7. The number of aryl methyl sites for hydroxylation is 1. The SMILES string of the molecule is Cc1ccc(S(=O)(=O)OCCC[C@@H](C)[C@H]2CCC3[C@@H](O)CCC[C@@]32C)cc1. The average Bonchev–Trinajstić information content (AvgIpc) is 2.97. The fourth-order valence-electron chi connectivity index (χ4n) is 5.67. The van der Waals surface area contributed by atoms with E-state index in [1.807, 2.05) is 6.92 Å². The van der Waals surface area contributed by atoms with Gasteiger partial charge >= 0.3 is 0 Å². The first kappa shape index (κ1) is 20.8. The summed E-state index contributed by atoms with van der Waals surface area (Å²) in [6.07, 6.45) is 7.17. The van der Waals surface area contributed by atoms with Gasteiger partial charge in [0.1, 0.15) is 0 Å². The Morgan fingerprint density at radius 1 is 1.22 bits per heavy atom. The minimum absolute atomic E-state index is 0.135. The molecule has 1 unspecified atom stereocenters. The molecule has 1 aromatic rings. The van der Waals surface area contributed by atoms with Crippen molar-refractivity contribution >= 4 is 10.1 Å². The monoisotopic (exact) mass is 394 g/mol. The smallest absolute Gasteiger partial charge is 0.296 e. The second-order valence-electron chi connectivity index (χ2n) is 8.96. The minimum atomic E-state index is -3.67. The van der Waals surface area contributed by atoms with Crippen LogP contribution >= 0.6 is 0 Å². The summed E-state index contributed by atoms with van der Waals surface area (Å²) in [6.45, 7) is 6.81. The molecule has 3 rings (SSSR count). The molecule has 0 heterocycles. The van der Waals surface area contributed by atoms with Crippen LogP contribution in [0.1, 0.15) is 64.4 Å². The van der Waals surface area contributed by atoms with E-state index < -0.39 is 10.1 Å². The minimum Gasteiger partial charge on any atom is -0.393 e. The van der Waals surface area contributed by atoms with E-state index in [1.54, 1.807) is 24.3 Å². The summed E-state index contributed by atoms with van der Waals surface area (Å²) < 4.78 is 29.8. The van der Waals surface area contributed by atoms with Gasteiger partial charge in [-0.25, -0.2) is 0 Å². The fraction of sp³-hybridized carbons (Fsp3) is 0.727. The third-order valence-corrected chi connectivity index (χ3v) is 8.53. The molecule has 27 heavy (non-hydrogen) atoms. The molecule has 5 atom stereocenters. The highest BCUT2D eigenvalue weighted by atomic mass is 32.2. The molecule has 1 N–H and O–H groups in total. The first-order valence-electron chi connectivity index (χ1n) is 10.4. The van der Waals surface area contributed by atoms with Crippen LogP contribution in [0.4, 0.5) is 0 Å². The van der Waals surface area contributed by atoms with E-state index in [9.17, 15) is 13.5 Å². The Balaban J connectivity index is 1.50. The van der Waals surface area contributed by atoms with Gasteiger partial charge in [-0.1, -0.05) is 38.0 Å². The molecule has 0 bridgehead atoms. The molecular weight excluding hydrogens is 360 g/mol. The molecule has 0 saturated heterocycles. The molecule has 152 valence electrons. The van der Waals surface area contributed by atoms with Crippen LogP contribution in [0.3, 0.4) is 0 Å². The summed E-state index contributed by atoms with van der Waals surface area (Å²) in [5.41, 5.74) is 1.27. The summed E-state index contributed by atoms with van der Waals surface area (Å²) in [6, 6.07) is 6.77. The Labute approximate surface area is 164 Å². The normalized spacial score (nSPS) is 32.2. The molecule has 1 aromatic carbocycles. The molecule has 0 aromatic heterocycles. The van der Waals surface area contributed by atoms with Crippen LogP contribution in [0.5, 0.6) is 0 Å². The van der Waals surface area contributed by atoms with E-state index in [0.717, 1.165) is 37.7 Å². The van der Waals surface area contributed by atoms with Crippen molar-refractivity contribution in [2.45, 2.75) is 76.7 Å². The van der Waals surface area contributed by atoms with Crippen molar-refractivity contribution in [2.75, 3.05) is 6.61 Å². The highest BCUT2D eigenvalue weighted by Crippen LogP contribution is 2.58. The van der Waals surface area contributed by atoms with Crippen LogP contribution in [-0.4, -0.2) is 26.2 Å². The summed E-state index contributed by atoms with van der Waals surface area (Å²) in [5.74, 6) is 1.58. The lowest BCUT2D eigenvalue weighted by molar-refractivity contribution is -0.0279.